The van der Waals surface area contributed by atoms with Crippen LogP contribution in [0.1, 0.15) is 40.0 Å². The predicted molar refractivity (Wildman–Crippen MR) is 45.2 cm³/mol. The Morgan fingerprint density at radius 3 is 2.40 bits per heavy atom. The van der Waals surface area contributed by atoms with Crippen molar-refractivity contribution in [1.82, 2.24) is 0 Å². The summed E-state index contributed by atoms with van der Waals surface area (Å²) in [6, 6.07) is 0. The fourth-order valence-corrected chi connectivity index (χ4v) is 0.901. The molecule has 0 radical (unpaired) electrons. The molecule has 0 N–H and O–H groups in total. The summed E-state index contributed by atoms with van der Waals surface area (Å²) in [5.41, 5.74) is 0. The second kappa shape index (κ2) is 7.07. The van der Waals surface area contributed by atoms with Crippen LogP contribution in [0.4, 0.5) is 0 Å². The van der Waals surface area contributed by atoms with Crippen molar-refractivity contribution in [3.05, 3.63) is 0 Å². The zero-order valence-electron chi connectivity index (χ0n) is 7.52. The summed E-state index contributed by atoms with van der Waals surface area (Å²) in [4.78, 5) is 0. The van der Waals surface area contributed by atoms with Gasteiger partial charge in [0.25, 0.3) is 0 Å². The molecule has 1 heteroatoms. The van der Waals surface area contributed by atoms with Gasteiger partial charge in [0.2, 0.25) is 0 Å². The van der Waals surface area contributed by atoms with Crippen LogP contribution in [0, 0.1) is 5.92 Å². The minimum absolute atomic E-state index is 0.849. The van der Waals surface area contributed by atoms with Crippen LogP contribution in [-0.2, 0) is 4.74 Å². The molecule has 0 rings (SSSR count). The van der Waals surface area contributed by atoms with Crippen molar-refractivity contribution in [2.24, 2.45) is 5.92 Å². The lowest BCUT2D eigenvalue weighted by molar-refractivity contribution is 0.142. The Kier molecular flexibility index (Phi) is 7.04. The number of unbranched alkanes of at least 4 members (excludes halogenated alkanes) is 1. The quantitative estimate of drug-likeness (QED) is 0.521. The summed E-state index contributed by atoms with van der Waals surface area (Å²) in [6.07, 6.45) is 3.89. The molecule has 0 unspecified atom stereocenters. The van der Waals surface area contributed by atoms with E-state index in [1.54, 1.807) is 0 Å². The van der Waals surface area contributed by atoms with Crippen molar-refractivity contribution >= 4 is 0 Å². The Morgan fingerprint density at radius 1 is 1.20 bits per heavy atom. The summed E-state index contributed by atoms with van der Waals surface area (Å²) in [5.74, 6) is 0.849. The van der Waals surface area contributed by atoms with Crippen molar-refractivity contribution < 1.29 is 4.74 Å². The zero-order valence-corrected chi connectivity index (χ0v) is 7.52. The number of ether oxygens (including phenoxy) is 1. The monoisotopic (exact) mass is 144 g/mol. The Bertz CT molecular complexity index is 59.7. The third-order valence-electron chi connectivity index (χ3n) is 1.52. The Balaban J connectivity index is 2.77. The maximum Gasteiger partial charge on any atom is 0.0465 e. The average molecular weight is 144 g/mol. The Labute approximate surface area is 64.8 Å². The van der Waals surface area contributed by atoms with E-state index in [1.807, 2.05) is 6.92 Å². The standard InChI is InChI=1S/C9H20O/c1-4-10-8-6-5-7-9(2)3/h9H,4-8H2,1-3H3. The van der Waals surface area contributed by atoms with Crippen molar-refractivity contribution in [3.8, 4) is 0 Å². The van der Waals surface area contributed by atoms with Crippen molar-refractivity contribution in [2.45, 2.75) is 40.0 Å². The topological polar surface area (TPSA) is 9.23 Å². The minimum atomic E-state index is 0.849. The van der Waals surface area contributed by atoms with Crippen LogP contribution in [0.15, 0.2) is 0 Å². The molecule has 0 saturated heterocycles. The molecule has 0 fully saturated rings. The van der Waals surface area contributed by atoms with Gasteiger partial charge in [-0.25, -0.2) is 0 Å². The van der Waals surface area contributed by atoms with Gasteiger partial charge in [-0.05, 0) is 19.3 Å². The maximum absolute atomic E-state index is 5.22. The molecule has 0 heterocycles. The lowest BCUT2D eigenvalue weighted by Gasteiger charge is -2.03. The third-order valence-corrected chi connectivity index (χ3v) is 1.52. The van der Waals surface area contributed by atoms with E-state index >= 15 is 0 Å². The van der Waals surface area contributed by atoms with Crippen molar-refractivity contribution in [1.29, 1.82) is 0 Å². The first-order chi connectivity index (χ1) is 4.77. The van der Waals surface area contributed by atoms with Gasteiger partial charge in [-0.15, -0.1) is 0 Å². The highest BCUT2D eigenvalue weighted by molar-refractivity contribution is 4.45. The van der Waals surface area contributed by atoms with Gasteiger partial charge in [-0.3, -0.25) is 0 Å². The van der Waals surface area contributed by atoms with Crippen LogP contribution >= 0.6 is 0 Å². The van der Waals surface area contributed by atoms with Crippen molar-refractivity contribution in [2.75, 3.05) is 13.2 Å². The zero-order chi connectivity index (χ0) is 7.82. The first-order valence-corrected chi connectivity index (χ1v) is 4.35. The van der Waals surface area contributed by atoms with E-state index in [0.29, 0.717) is 0 Å². The molecule has 0 bridgehead atoms. The Morgan fingerprint density at radius 2 is 1.90 bits per heavy atom. The Hall–Kier alpha value is -0.0400. The van der Waals surface area contributed by atoms with Gasteiger partial charge >= 0.3 is 0 Å². The molecule has 0 amide bonds. The van der Waals surface area contributed by atoms with Crippen LogP contribution < -0.4 is 0 Å². The molecule has 0 aliphatic rings. The third kappa shape index (κ3) is 7.96. The molecule has 0 aromatic rings. The fraction of sp³-hybridized carbons (Fsp3) is 1.00. The van der Waals surface area contributed by atoms with Gasteiger partial charge in [0.05, 0.1) is 0 Å². The van der Waals surface area contributed by atoms with Gasteiger partial charge in [0.1, 0.15) is 0 Å². The second-order valence-corrected chi connectivity index (χ2v) is 3.09. The van der Waals surface area contributed by atoms with E-state index in [1.165, 1.54) is 19.3 Å². The minimum Gasteiger partial charge on any atom is -0.382 e. The molecular weight excluding hydrogens is 124 g/mol. The summed E-state index contributed by atoms with van der Waals surface area (Å²) in [7, 11) is 0. The van der Waals surface area contributed by atoms with Gasteiger partial charge in [-0.2, -0.15) is 0 Å². The van der Waals surface area contributed by atoms with E-state index in [9.17, 15) is 0 Å². The summed E-state index contributed by atoms with van der Waals surface area (Å²) in [5, 5.41) is 0. The molecule has 0 spiro atoms. The maximum atomic E-state index is 5.22. The fourth-order valence-electron chi connectivity index (χ4n) is 0.901. The molecule has 0 atom stereocenters. The van der Waals surface area contributed by atoms with Gasteiger partial charge in [0.15, 0.2) is 0 Å². The van der Waals surface area contributed by atoms with Crippen molar-refractivity contribution in [3.63, 3.8) is 0 Å². The molecule has 1 nitrogen and oxygen atoms in total. The van der Waals surface area contributed by atoms with E-state index in [0.717, 1.165) is 19.1 Å². The summed E-state index contributed by atoms with van der Waals surface area (Å²) in [6.45, 7) is 8.38. The molecular formula is C9H20O. The first-order valence-electron chi connectivity index (χ1n) is 4.35. The first kappa shape index (κ1) is 9.96. The molecule has 0 aromatic carbocycles. The van der Waals surface area contributed by atoms with Gasteiger partial charge < -0.3 is 4.74 Å². The molecule has 0 saturated carbocycles. The molecule has 10 heavy (non-hydrogen) atoms. The van der Waals surface area contributed by atoms with Crippen LogP contribution in [0.3, 0.4) is 0 Å². The molecule has 0 aliphatic heterocycles. The van der Waals surface area contributed by atoms with Crippen LogP contribution in [0.2, 0.25) is 0 Å². The van der Waals surface area contributed by atoms with E-state index in [2.05, 4.69) is 13.8 Å². The van der Waals surface area contributed by atoms with Gasteiger partial charge in [0, 0.05) is 13.2 Å². The highest BCUT2D eigenvalue weighted by Crippen LogP contribution is 2.05. The smallest absolute Gasteiger partial charge is 0.0465 e. The highest BCUT2D eigenvalue weighted by atomic mass is 16.5. The largest absolute Gasteiger partial charge is 0.382 e. The predicted octanol–water partition coefficient (Wildman–Crippen LogP) is 2.85. The number of hydrogen-bond donors (Lipinski definition) is 0. The molecule has 0 aliphatic carbocycles. The number of rotatable bonds is 6. The second-order valence-electron chi connectivity index (χ2n) is 3.09. The molecule has 0 aromatic heterocycles. The summed E-state index contributed by atoms with van der Waals surface area (Å²) >= 11 is 0. The molecule has 62 valence electrons. The lowest BCUT2D eigenvalue weighted by atomic mass is 10.1. The number of hydrogen-bond acceptors (Lipinski definition) is 1. The van der Waals surface area contributed by atoms with E-state index in [4.69, 9.17) is 4.74 Å². The van der Waals surface area contributed by atoms with Crippen LogP contribution in [0.5, 0.6) is 0 Å². The average Bonchev–Trinajstić information content (AvgIpc) is 1.87. The van der Waals surface area contributed by atoms with E-state index < -0.39 is 0 Å². The van der Waals surface area contributed by atoms with Crippen LogP contribution in [0.25, 0.3) is 0 Å². The highest BCUT2D eigenvalue weighted by Gasteiger charge is 1.92. The van der Waals surface area contributed by atoms with Crippen LogP contribution in [-0.4, -0.2) is 13.2 Å². The summed E-state index contributed by atoms with van der Waals surface area (Å²) < 4.78 is 5.22. The normalized spacial score (nSPS) is 10.8. The van der Waals surface area contributed by atoms with Gasteiger partial charge in [-0.1, -0.05) is 26.7 Å². The SMILES string of the molecule is CCOCCCCC(C)C. The van der Waals surface area contributed by atoms with E-state index in [-0.39, 0.29) is 0 Å². The lowest BCUT2D eigenvalue weighted by Crippen LogP contribution is -1.94.